The highest BCUT2D eigenvalue weighted by Gasteiger charge is 2.37. The second kappa shape index (κ2) is 6.79. The predicted molar refractivity (Wildman–Crippen MR) is 90.1 cm³/mol. The Balaban J connectivity index is 1.73. The fourth-order valence-electron chi connectivity index (χ4n) is 2.90. The first kappa shape index (κ1) is 16.1. The van der Waals surface area contributed by atoms with Gasteiger partial charge in [0.1, 0.15) is 5.76 Å². The summed E-state index contributed by atoms with van der Waals surface area (Å²) < 4.78 is 5.47. The Hall–Kier alpha value is -2.74. The van der Waals surface area contributed by atoms with Crippen LogP contribution in [0.1, 0.15) is 55.7 Å². The molecule has 1 heterocycles. The first-order chi connectivity index (χ1) is 11.6. The summed E-state index contributed by atoms with van der Waals surface area (Å²) in [6.07, 6.45) is 3.68. The highest BCUT2D eigenvalue weighted by Crippen LogP contribution is 2.34. The van der Waals surface area contributed by atoms with Gasteiger partial charge in [-0.2, -0.15) is 5.26 Å². The Kier molecular flexibility index (Phi) is 4.57. The van der Waals surface area contributed by atoms with Gasteiger partial charge < -0.3 is 14.6 Å². The maximum atomic E-state index is 12.8. The van der Waals surface area contributed by atoms with Gasteiger partial charge in [-0.25, -0.2) is 4.79 Å². The molecule has 1 aromatic carbocycles. The molecular formula is C19H21N3O2. The largest absolute Gasteiger partial charge is 0.467 e. The molecular weight excluding hydrogens is 302 g/mol. The standard InChI is InChI=1S/C19H21N3O2/c1-13(16-6-3-5-15(11-16)12-20)21-19(23)22(17-8-9-17)14(2)18-7-4-10-24-18/h3-7,10-11,13-14,17H,8-9H2,1-2H3,(H,21,23)/t13-,14-/m0/s1. The zero-order valence-corrected chi connectivity index (χ0v) is 13.9. The maximum absolute atomic E-state index is 12.8. The fourth-order valence-corrected chi connectivity index (χ4v) is 2.90. The molecule has 2 atom stereocenters. The van der Waals surface area contributed by atoms with Gasteiger partial charge in [-0.05, 0) is 56.5 Å². The van der Waals surface area contributed by atoms with Gasteiger partial charge in [0.15, 0.2) is 0 Å². The number of hydrogen-bond donors (Lipinski definition) is 1. The number of carbonyl (C=O) groups excluding carboxylic acids is 1. The van der Waals surface area contributed by atoms with Crippen molar-refractivity contribution in [1.29, 1.82) is 5.26 Å². The van der Waals surface area contributed by atoms with Crippen LogP contribution in [0.25, 0.3) is 0 Å². The number of nitriles is 1. The summed E-state index contributed by atoms with van der Waals surface area (Å²) >= 11 is 0. The molecule has 0 bridgehead atoms. The minimum atomic E-state index is -0.171. The molecule has 0 spiro atoms. The number of carbonyl (C=O) groups is 1. The topological polar surface area (TPSA) is 69.3 Å². The van der Waals surface area contributed by atoms with Crippen molar-refractivity contribution >= 4 is 6.03 Å². The van der Waals surface area contributed by atoms with E-state index in [1.807, 2.05) is 49.1 Å². The molecule has 1 fully saturated rings. The van der Waals surface area contributed by atoms with Crippen LogP contribution < -0.4 is 5.32 Å². The van der Waals surface area contributed by atoms with Crippen LogP contribution in [0.5, 0.6) is 0 Å². The van der Waals surface area contributed by atoms with Crippen LogP contribution in [0.3, 0.4) is 0 Å². The molecule has 1 aromatic heterocycles. The zero-order chi connectivity index (χ0) is 17.1. The third-order valence-electron chi connectivity index (χ3n) is 4.40. The number of hydrogen-bond acceptors (Lipinski definition) is 3. The molecule has 0 radical (unpaired) electrons. The number of furan rings is 1. The number of benzene rings is 1. The van der Waals surface area contributed by atoms with Gasteiger partial charge in [-0.15, -0.1) is 0 Å². The van der Waals surface area contributed by atoms with Gasteiger partial charge in [0, 0.05) is 6.04 Å². The van der Waals surface area contributed by atoms with Crippen molar-refractivity contribution in [2.24, 2.45) is 0 Å². The molecule has 1 saturated carbocycles. The van der Waals surface area contributed by atoms with Crippen molar-refractivity contribution in [3.8, 4) is 6.07 Å². The SMILES string of the molecule is C[C@H](NC(=O)N(C1CC1)[C@@H](C)c1ccco1)c1cccc(C#N)c1. The zero-order valence-electron chi connectivity index (χ0n) is 13.9. The Morgan fingerprint density at radius 3 is 2.75 bits per heavy atom. The summed E-state index contributed by atoms with van der Waals surface area (Å²) in [6.45, 7) is 3.91. The Morgan fingerprint density at radius 2 is 2.12 bits per heavy atom. The Labute approximate surface area is 141 Å². The van der Waals surface area contributed by atoms with Gasteiger partial charge in [0.2, 0.25) is 0 Å². The number of urea groups is 1. The normalized spacial score (nSPS) is 16.0. The van der Waals surface area contributed by atoms with E-state index < -0.39 is 0 Å². The molecule has 1 N–H and O–H groups in total. The third-order valence-corrected chi connectivity index (χ3v) is 4.40. The van der Waals surface area contributed by atoms with Crippen molar-refractivity contribution in [2.75, 3.05) is 0 Å². The molecule has 5 heteroatoms. The van der Waals surface area contributed by atoms with E-state index in [9.17, 15) is 4.79 Å². The van der Waals surface area contributed by atoms with E-state index >= 15 is 0 Å². The first-order valence-corrected chi connectivity index (χ1v) is 8.22. The summed E-state index contributed by atoms with van der Waals surface area (Å²) in [7, 11) is 0. The van der Waals surface area contributed by atoms with Crippen LogP contribution in [-0.2, 0) is 0 Å². The summed E-state index contributed by atoms with van der Waals surface area (Å²) in [5, 5.41) is 12.1. The van der Waals surface area contributed by atoms with Crippen LogP contribution >= 0.6 is 0 Å². The Morgan fingerprint density at radius 1 is 1.33 bits per heavy atom. The Bertz CT molecular complexity index is 744. The van der Waals surface area contributed by atoms with E-state index in [1.54, 1.807) is 12.3 Å². The maximum Gasteiger partial charge on any atom is 0.318 e. The van der Waals surface area contributed by atoms with E-state index in [1.165, 1.54) is 0 Å². The lowest BCUT2D eigenvalue weighted by atomic mass is 10.1. The van der Waals surface area contributed by atoms with Crippen LogP contribution in [0.4, 0.5) is 4.79 Å². The van der Waals surface area contributed by atoms with E-state index in [0.717, 1.165) is 24.2 Å². The smallest absolute Gasteiger partial charge is 0.318 e. The molecule has 0 aliphatic heterocycles. The molecule has 124 valence electrons. The van der Waals surface area contributed by atoms with Gasteiger partial charge in [-0.1, -0.05) is 12.1 Å². The van der Waals surface area contributed by atoms with Crippen molar-refractivity contribution < 1.29 is 9.21 Å². The minimum absolute atomic E-state index is 0.101. The van der Waals surface area contributed by atoms with E-state index in [0.29, 0.717) is 5.56 Å². The molecule has 24 heavy (non-hydrogen) atoms. The minimum Gasteiger partial charge on any atom is -0.467 e. The highest BCUT2D eigenvalue weighted by atomic mass is 16.3. The quantitative estimate of drug-likeness (QED) is 0.898. The average Bonchev–Trinajstić information content (AvgIpc) is 3.26. The second-order valence-electron chi connectivity index (χ2n) is 6.24. The monoisotopic (exact) mass is 323 g/mol. The van der Waals surface area contributed by atoms with Gasteiger partial charge in [-0.3, -0.25) is 0 Å². The van der Waals surface area contributed by atoms with Crippen molar-refractivity contribution in [3.05, 3.63) is 59.5 Å². The number of amides is 2. The second-order valence-corrected chi connectivity index (χ2v) is 6.24. The molecule has 5 nitrogen and oxygen atoms in total. The lowest BCUT2D eigenvalue weighted by molar-refractivity contribution is 0.163. The van der Waals surface area contributed by atoms with Crippen molar-refractivity contribution in [2.45, 2.75) is 44.8 Å². The van der Waals surface area contributed by atoms with E-state index in [4.69, 9.17) is 9.68 Å². The van der Waals surface area contributed by atoms with Crippen LogP contribution in [0.15, 0.2) is 47.1 Å². The molecule has 0 saturated heterocycles. The summed E-state index contributed by atoms with van der Waals surface area (Å²) in [5.41, 5.74) is 1.51. The lowest BCUT2D eigenvalue weighted by Gasteiger charge is -2.29. The first-order valence-electron chi connectivity index (χ1n) is 8.22. The number of rotatable bonds is 5. The molecule has 1 aliphatic carbocycles. The summed E-state index contributed by atoms with van der Waals surface area (Å²) in [6, 6.07) is 13.1. The predicted octanol–water partition coefficient (Wildman–Crippen LogP) is 4.15. The molecule has 2 aromatic rings. The molecule has 3 rings (SSSR count). The van der Waals surface area contributed by atoms with Crippen LogP contribution in [-0.4, -0.2) is 17.0 Å². The van der Waals surface area contributed by atoms with Gasteiger partial charge >= 0.3 is 6.03 Å². The number of nitrogens with one attached hydrogen (secondary N) is 1. The summed E-state index contributed by atoms with van der Waals surface area (Å²) in [5.74, 6) is 0.788. The third kappa shape index (κ3) is 3.43. The van der Waals surface area contributed by atoms with E-state index in [2.05, 4.69) is 11.4 Å². The van der Waals surface area contributed by atoms with Crippen molar-refractivity contribution in [1.82, 2.24) is 10.2 Å². The number of nitrogens with zero attached hydrogens (tertiary/aromatic N) is 2. The lowest BCUT2D eigenvalue weighted by Crippen LogP contribution is -2.43. The van der Waals surface area contributed by atoms with Crippen LogP contribution in [0.2, 0.25) is 0 Å². The van der Waals surface area contributed by atoms with Gasteiger partial charge in [0.05, 0.1) is 30.0 Å². The summed E-state index contributed by atoms with van der Waals surface area (Å²) in [4.78, 5) is 14.7. The van der Waals surface area contributed by atoms with Crippen molar-refractivity contribution in [3.63, 3.8) is 0 Å². The average molecular weight is 323 g/mol. The molecule has 2 amide bonds. The van der Waals surface area contributed by atoms with Crippen LogP contribution in [0, 0.1) is 11.3 Å². The van der Waals surface area contributed by atoms with Gasteiger partial charge in [0.25, 0.3) is 0 Å². The molecule has 0 unspecified atom stereocenters. The fraction of sp³-hybridized carbons (Fsp3) is 0.368. The molecule has 1 aliphatic rings. The highest BCUT2D eigenvalue weighted by molar-refractivity contribution is 5.76. The van der Waals surface area contributed by atoms with E-state index in [-0.39, 0.29) is 24.2 Å².